The van der Waals surface area contributed by atoms with Crippen molar-refractivity contribution >= 4 is 53.4 Å². The predicted octanol–water partition coefficient (Wildman–Crippen LogP) is 3.64. The monoisotopic (exact) mass is 1120 g/mol. The Labute approximate surface area is 465 Å². The fourth-order valence-corrected chi connectivity index (χ4v) is 9.47. The van der Waals surface area contributed by atoms with Crippen LogP contribution >= 0.6 is 0 Å². The minimum Gasteiger partial charge on any atom is -0.480 e. The molecule has 0 radical (unpaired) electrons. The summed E-state index contributed by atoms with van der Waals surface area (Å²) in [4.78, 5) is 119. The number of carbonyl (C=O) groups is 9. The van der Waals surface area contributed by atoms with Crippen LogP contribution in [0.1, 0.15) is 142 Å². The van der Waals surface area contributed by atoms with Crippen LogP contribution in [0.5, 0.6) is 0 Å². The maximum absolute atomic E-state index is 15.1. The number of urea groups is 1. The van der Waals surface area contributed by atoms with Crippen LogP contribution in [0.3, 0.4) is 0 Å². The Morgan fingerprint density at radius 2 is 1.49 bits per heavy atom. The first-order valence-corrected chi connectivity index (χ1v) is 27.2. The van der Waals surface area contributed by atoms with Gasteiger partial charge in [-0.1, -0.05) is 85.2 Å². The number of hydrogen-bond donors (Lipinski definition) is 9. The Kier molecular flexibility index (Phi) is 24.7. The number of carbonyl (C=O) groups excluding carboxylic acids is 8. The van der Waals surface area contributed by atoms with E-state index in [0.717, 1.165) is 23.8 Å². The molecule has 24 heteroatoms. The number of nitrogens with two attached hydrogens (primary N) is 2. The molecule has 1 fully saturated rings. The second kappa shape index (κ2) is 30.3. The van der Waals surface area contributed by atoms with E-state index in [-0.39, 0.29) is 95.0 Å². The van der Waals surface area contributed by atoms with Crippen molar-refractivity contribution in [1.29, 1.82) is 0 Å². The van der Waals surface area contributed by atoms with Gasteiger partial charge in [0.25, 0.3) is 0 Å². The molecule has 2 aromatic carbocycles. The highest BCUT2D eigenvalue weighted by molar-refractivity contribution is 6.05. The lowest BCUT2D eigenvalue weighted by Gasteiger charge is -2.40. The second-order valence-corrected chi connectivity index (χ2v) is 22.3. The van der Waals surface area contributed by atoms with Gasteiger partial charge in [-0.25, -0.2) is 23.1 Å². The van der Waals surface area contributed by atoms with Crippen molar-refractivity contribution in [2.45, 2.75) is 156 Å². The van der Waals surface area contributed by atoms with Gasteiger partial charge in [-0.2, -0.15) is 5.10 Å². The number of likely N-dealkylation sites (tertiary alicyclic amines) is 1. The van der Waals surface area contributed by atoms with E-state index < -0.39 is 107 Å². The maximum atomic E-state index is 15.1. The van der Waals surface area contributed by atoms with Crippen molar-refractivity contribution in [3.63, 3.8) is 0 Å². The van der Waals surface area contributed by atoms with Gasteiger partial charge in [-0.15, -0.1) is 0 Å². The summed E-state index contributed by atoms with van der Waals surface area (Å²) in [5, 5.41) is 38.0. The van der Waals surface area contributed by atoms with E-state index in [1.54, 1.807) is 33.9 Å². The maximum Gasteiger partial charge on any atom is 0.326 e. The SMILES string of the molecule is CC(C)C(NC(=O)CCCCCN1C(=O)CC(C)(C)C1=O)C(=O)N[C@@H](CCCNC(N)=O)C(=O)N[C@@H](CCCCNC(=O)[C@@H](N)CCN(C(=O)CO)[C@@H](c1nn(-c2cc(F)ccc2F)cc1Cc1ccccc1)C(C)(C)C)C(=O)O. The van der Waals surface area contributed by atoms with Crippen molar-refractivity contribution in [2.75, 3.05) is 32.8 Å². The molecule has 1 unspecified atom stereocenters. The van der Waals surface area contributed by atoms with E-state index in [4.69, 9.17) is 16.6 Å². The summed E-state index contributed by atoms with van der Waals surface area (Å²) in [6, 6.07) is 5.70. The number of unbranched alkanes of at least 4 members (excludes halogenated alkanes) is 3. The Hall–Kier alpha value is -7.34. The molecule has 80 heavy (non-hydrogen) atoms. The molecule has 5 atom stereocenters. The first-order chi connectivity index (χ1) is 37.6. The summed E-state index contributed by atoms with van der Waals surface area (Å²) < 4.78 is 30.8. The molecule has 4 rings (SSSR count). The van der Waals surface area contributed by atoms with Gasteiger partial charge in [0.15, 0.2) is 0 Å². The number of aliphatic hydroxyl groups is 1. The van der Waals surface area contributed by atoms with Crippen LogP contribution in [-0.4, -0.2) is 140 Å². The van der Waals surface area contributed by atoms with Crippen molar-refractivity contribution in [1.82, 2.24) is 46.2 Å². The average molecular weight is 1120 g/mol. The van der Waals surface area contributed by atoms with E-state index in [1.807, 2.05) is 51.1 Å². The lowest BCUT2D eigenvalue weighted by Crippen LogP contribution is -2.57. The fourth-order valence-electron chi connectivity index (χ4n) is 9.47. The fraction of sp³-hybridized carbons (Fsp3) is 0.571. The normalized spacial score (nSPS) is 15.1. The average Bonchev–Trinajstić information content (AvgIpc) is 3.87. The van der Waals surface area contributed by atoms with Crippen LogP contribution in [0.15, 0.2) is 54.7 Å². The molecular formula is C56H81F2N11O11. The van der Waals surface area contributed by atoms with Gasteiger partial charge in [0.05, 0.1) is 23.2 Å². The number of aromatic nitrogens is 2. The third kappa shape index (κ3) is 19.5. The molecule has 0 bridgehead atoms. The van der Waals surface area contributed by atoms with Gasteiger partial charge in [0.2, 0.25) is 41.4 Å². The first-order valence-electron chi connectivity index (χ1n) is 27.2. The molecule has 1 aromatic heterocycles. The number of primary amides is 1. The van der Waals surface area contributed by atoms with E-state index >= 15 is 4.39 Å². The Bertz CT molecular complexity index is 2640. The number of carboxylic acid groups (broad SMARTS) is 1. The Morgan fingerprint density at radius 1 is 0.825 bits per heavy atom. The predicted molar refractivity (Wildman–Crippen MR) is 292 cm³/mol. The van der Waals surface area contributed by atoms with Crippen LogP contribution in [0, 0.1) is 28.4 Å². The number of benzene rings is 2. The zero-order valence-electron chi connectivity index (χ0n) is 46.9. The number of hydrogen-bond acceptors (Lipinski definition) is 12. The van der Waals surface area contributed by atoms with Crippen molar-refractivity contribution < 1.29 is 62.1 Å². The number of rotatable bonds is 32. The van der Waals surface area contributed by atoms with E-state index in [9.17, 15) is 57.8 Å². The third-order valence-corrected chi connectivity index (χ3v) is 13.8. The molecular weight excluding hydrogens is 1040 g/mol. The highest BCUT2D eigenvalue weighted by Crippen LogP contribution is 2.40. The van der Waals surface area contributed by atoms with E-state index in [1.165, 1.54) is 14.5 Å². The van der Waals surface area contributed by atoms with Gasteiger partial charge < -0.3 is 53.2 Å². The first kappa shape index (κ1) is 65.2. The van der Waals surface area contributed by atoms with Crippen LogP contribution in [0.2, 0.25) is 0 Å². The largest absolute Gasteiger partial charge is 0.480 e. The number of halogens is 2. The van der Waals surface area contributed by atoms with Gasteiger partial charge in [0.1, 0.15) is 42.1 Å². The quantitative estimate of drug-likeness (QED) is 0.0319. The summed E-state index contributed by atoms with van der Waals surface area (Å²) in [6.07, 6.45) is 3.93. The highest BCUT2D eigenvalue weighted by atomic mass is 19.1. The molecule has 440 valence electrons. The zero-order valence-corrected chi connectivity index (χ0v) is 46.9. The zero-order chi connectivity index (χ0) is 59.5. The summed E-state index contributed by atoms with van der Waals surface area (Å²) in [7, 11) is 0. The second-order valence-electron chi connectivity index (χ2n) is 22.3. The Morgan fingerprint density at radius 3 is 2.10 bits per heavy atom. The lowest BCUT2D eigenvalue weighted by atomic mass is 9.81. The van der Waals surface area contributed by atoms with E-state index in [2.05, 4.69) is 26.6 Å². The number of nitrogens with zero attached hydrogens (tertiary/aromatic N) is 4. The number of carboxylic acids is 1. The number of imide groups is 1. The molecule has 11 N–H and O–H groups in total. The highest BCUT2D eigenvalue weighted by Gasteiger charge is 2.44. The topological polar surface area (TPSA) is 331 Å². The number of nitrogens with one attached hydrogen (secondary N) is 5. The van der Waals surface area contributed by atoms with Crippen LogP contribution < -0.4 is 38.1 Å². The van der Waals surface area contributed by atoms with Crippen LogP contribution in [0.4, 0.5) is 13.6 Å². The minimum absolute atomic E-state index is 0.0379. The molecule has 3 aromatic rings. The molecule has 22 nitrogen and oxygen atoms in total. The van der Waals surface area contributed by atoms with E-state index in [0.29, 0.717) is 36.9 Å². The molecule has 2 heterocycles. The number of aliphatic carboxylic acids is 1. The van der Waals surface area contributed by atoms with Gasteiger partial charge >= 0.3 is 12.0 Å². The molecule has 9 amide bonds. The van der Waals surface area contributed by atoms with Gasteiger partial charge in [0, 0.05) is 63.3 Å². The molecule has 0 aliphatic carbocycles. The standard InChI is InChI=1S/C56H81F2N11O11/c1-34(2)46(65-43(71)21-12-9-15-27-68-44(72)31-56(6,7)53(68)79)51(76)63-40(20-16-26-62-54(60)80)50(75)64-41(52(77)78)19-13-14-25-61-49(74)39(59)24-28-67(45(73)33-70)48(55(3,4)5)47-36(29-35-17-10-8-11-18-35)32-69(66-47)42-30-37(57)22-23-38(42)58/h8,10-11,17-18,22-23,30,32,34,39-41,46,48,70H,9,12-16,19-21,24-29,31,33,59H2,1-7H3,(H,61,74)(H,63,76)(H,64,75)(H,65,71)(H,77,78)(H3,60,62,80)/t39-,40-,41-,46?,48-/m0/s1. The smallest absolute Gasteiger partial charge is 0.326 e. The van der Waals surface area contributed by atoms with Crippen LogP contribution in [0.25, 0.3) is 5.69 Å². The summed E-state index contributed by atoms with van der Waals surface area (Å²) in [5.41, 5.74) is 11.7. The minimum atomic E-state index is -1.42. The van der Waals surface area contributed by atoms with Crippen molar-refractivity contribution in [3.05, 3.63) is 83.2 Å². The third-order valence-electron chi connectivity index (χ3n) is 13.8. The molecule has 0 spiro atoms. The van der Waals surface area contributed by atoms with Crippen LogP contribution in [-0.2, 0) is 44.8 Å². The summed E-state index contributed by atoms with van der Waals surface area (Å²) in [5.74, 6) is -6.92. The molecule has 1 aliphatic rings. The summed E-state index contributed by atoms with van der Waals surface area (Å²) in [6.45, 7) is 11.7. The summed E-state index contributed by atoms with van der Waals surface area (Å²) >= 11 is 0. The van der Waals surface area contributed by atoms with Crippen molar-refractivity contribution in [3.8, 4) is 5.69 Å². The lowest BCUT2D eigenvalue weighted by molar-refractivity contribution is -0.143. The number of aliphatic hydroxyl groups excluding tert-OH is 1. The molecule has 1 aliphatic heterocycles. The van der Waals surface area contributed by atoms with Crippen molar-refractivity contribution in [2.24, 2.45) is 28.2 Å². The number of amides is 9. The van der Waals surface area contributed by atoms with Gasteiger partial charge in [-0.3, -0.25) is 38.5 Å². The molecule has 1 saturated heterocycles. The Balaban J connectivity index is 1.34. The molecule has 0 saturated carbocycles. The van der Waals surface area contributed by atoms with Gasteiger partial charge in [-0.05, 0) is 80.4 Å².